The van der Waals surface area contributed by atoms with Crippen molar-refractivity contribution in [2.24, 2.45) is 0 Å². The first kappa shape index (κ1) is 25.1. The van der Waals surface area contributed by atoms with Gasteiger partial charge in [0.2, 0.25) is 11.7 Å². The fourth-order valence-corrected chi connectivity index (χ4v) is 3.39. The van der Waals surface area contributed by atoms with E-state index in [-0.39, 0.29) is 42.3 Å². The number of halogens is 1. The largest absolute Gasteiger partial charge is 0.490 e. The molecule has 10 heteroatoms. The molecule has 9 nitrogen and oxygen atoms in total. The average molecular weight is 508 g/mol. The summed E-state index contributed by atoms with van der Waals surface area (Å²) in [5, 5.41) is 13.9. The fourth-order valence-electron chi connectivity index (χ4n) is 2.95. The first-order chi connectivity index (χ1) is 15.1. The number of nitro groups is 1. The van der Waals surface area contributed by atoms with E-state index in [1.165, 1.54) is 30.2 Å². The van der Waals surface area contributed by atoms with E-state index in [2.05, 4.69) is 21.2 Å². The number of hydrogen-bond donors (Lipinski definition) is 1. The van der Waals surface area contributed by atoms with Crippen molar-refractivity contribution in [1.29, 1.82) is 0 Å². The van der Waals surface area contributed by atoms with Crippen LogP contribution in [0.5, 0.6) is 11.5 Å². The van der Waals surface area contributed by atoms with Gasteiger partial charge in [-0.3, -0.25) is 19.7 Å². The number of carbonyl (C=O) groups excluding carboxylic acids is 2. The molecule has 0 spiro atoms. The number of benzene rings is 2. The lowest BCUT2D eigenvalue weighted by Crippen LogP contribution is -2.50. The minimum atomic E-state index is -0.737. The van der Waals surface area contributed by atoms with Crippen LogP contribution in [0.2, 0.25) is 0 Å². The summed E-state index contributed by atoms with van der Waals surface area (Å²) in [4.78, 5) is 37.5. The van der Waals surface area contributed by atoms with E-state index in [0.29, 0.717) is 0 Å². The highest BCUT2D eigenvalue weighted by Crippen LogP contribution is 2.30. The van der Waals surface area contributed by atoms with E-state index in [1.807, 2.05) is 38.1 Å². The average Bonchev–Trinajstić information content (AvgIpc) is 2.74. The van der Waals surface area contributed by atoms with Crippen LogP contribution in [0.1, 0.15) is 26.3 Å². The number of amides is 2. The van der Waals surface area contributed by atoms with Crippen LogP contribution in [0.4, 0.5) is 5.69 Å². The highest BCUT2D eigenvalue weighted by Gasteiger charge is 2.27. The summed E-state index contributed by atoms with van der Waals surface area (Å²) < 4.78 is 11.4. The third-order valence-corrected chi connectivity index (χ3v) is 5.04. The van der Waals surface area contributed by atoms with Gasteiger partial charge in [0.15, 0.2) is 6.61 Å². The Morgan fingerprint density at radius 1 is 1.19 bits per heavy atom. The Bertz CT molecular complexity index is 982. The van der Waals surface area contributed by atoms with E-state index in [9.17, 15) is 19.7 Å². The first-order valence-corrected chi connectivity index (χ1v) is 10.7. The Labute approximate surface area is 195 Å². The van der Waals surface area contributed by atoms with Gasteiger partial charge in [0.25, 0.3) is 5.91 Å². The van der Waals surface area contributed by atoms with Gasteiger partial charge in [0.1, 0.15) is 11.8 Å². The molecule has 0 bridgehead atoms. The Morgan fingerprint density at radius 2 is 1.91 bits per heavy atom. The maximum Gasteiger partial charge on any atom is 0.311 e. The zero-order chi connectivity index (χ0) is 23.8. The summed E-state index contributed by atoms with van der Waals surface area (Å²) in [5.41, 5.74) is 0.635. The SMILES string of the molecule is COc1cc(OCC(=O)N(Cc2cccc(Br)c2)[C@H](C)C(=O)NC(C)C)ccc1[N+](=O)[O-]. The summed E-state index contributed by atoms with van der Waals surface area (Å²) in [5.74, 6) is -0.424. The third-order valence-electron chi connectivity index (χ3n) is 4.55. The second kappa shape index (κ2) is 11.5. The van der Waals surface area contributed by atoms with Gasteiger partial charge in [-0.05, 0) is 44.5 Å². The quantitative estimate of drug-likeness (QED) is 0.387. The molecular weight excluding hydrogens is 482 g/mol. The molecule has 2 aromatic rings. The van der Waals surface area contributed by atoms with Crippen LogP contribution in [-0.4, -0.2) is 47.4 Å². The predicted octanol–water partition coefficient (Wildman–Crippen LogP) is 3.69. The normalized spacial score (nSPS) is 11.6. The number of ether oxygens (including phenoxy) is 2. The van der Waals surface area contributed by atoms with Crippen molar-refractivity contribution < 1.29 is 24.0 Å². The van der Waals surface area contributed by atoms with Crippen LogP contribution in [0.15, 0.2) is 46.9 Å². The fraction of sp³-hybridized carbons (Fsp3) is 0.364. The van der Waals surface area contributed by atoms with Crippen LogP contribution < -0.4 is 14.8 Å². The van der Waals surface area contributed by atoms with Crippen LogP contribution >= 0.6 is 15.9 Å². The Hall–Kier alpha value is -3.14. The molecule has 0 aliphatic rings. The number of nitro benzene ring substituents is 1. The zero-order valence-electron chi connectivity index (χ0n) is 18.3. The number of methoxy groups -OCH3 is 1. The van der Waals surface area contributed by atoms with Crippen LogP contribution in [-0.2, 0) is 16.1 Å². The molecule has 172 valence electrons. The molecule has 0 fully saturated rings. The molecule has 0 unspecified atom stereocenters. The van der Waals surface area contributed by atoms with E-state index < -0.39 is 16.9 Å². The molecule has 0 aromatic heterocycles. The molecular formula is C22H26BrN3O6. The minimum absolute atomic E-state index is 0.0237. The van der Waals surface area contributed by atoms with Crippen molar-refractivity contribution in [3.63, 3.8) is 0 Å². The Balaban J connectivity index is 2.20. The number of hydrogen-bond acceptors (Lipinski definition) is 6. The van der Waals surface area contributed by atoms with Crippen LogP contribution in [0, 0.1) is 10.1 Å². The predicted molar refractivity (Wildman–Crippen MR) is 123 cm³/mol. The van der Waals surface area contributed by atoms with Gasteiger partial charge in [0.05, 0.1) is 12.0 Å². The molecule has 0 saturated carbocycles. The van der Waals surface area contributed by atoms with Gasteiger partial charge < -0.3 is 19.7 Å². The van der Waals surface area contributed by atoms with Gasteiger partial charge in [0, 0.05) is 29.2 Å². The van der Waals surface area contributed by atoms with Gasteiger partial charge in [-0.15, -0.1) is 0 Å². The molecule has 0 radical (unpaired) electrons. The smallest absolute Gasteiger partial charge is 0.311 e. The highest BCUT2D eigenvalue weighted by atomic mass is 79.9. The van der Waals surface area contributed by atoms with Crippen molar-refractivity contribution in [2.75, 3.05) is 13.7 Å². The lowest BCUT2D eigenvalue weighted by atomic mass is 10.1. The molecule has 0 aliphatic carbocycles. The van der Waals surface area contributed by atoms with E-state index in [1.54, 1.807) is 6.92 Å². The summed E-state index contributed by atoms with van der Waals surface area (Å²) in [6.45, 7) is 5.20. The molecule has 32 heavy (non-hydrogen) atoms. The summed E-state index contributed by atoms with van der Waals surface area (Å²) in [7, 11) is 1.31. The van der Waals surface area contributed by atoms with Crippen molar-refractivity contribution in [2.45, 2.75) is 39.4 Å². The molecule has 1 N–H and O–H groups in total. The Kier molecular flexibility index (Phi) is 9.01. The number of nitrogens with zero attached hydrogens (tertiary/aromatic N) is 2. The molecule has 2 aromatic carbocycles. The van der Waals surface area contributed by atoms with Crippen molar-refractivity contribution in [1.82, 2.24) is 10.2 Å². The lowest BCUT2D eigenvalue weighted by molar-refractivity contribution is -0.385. The second-order valence-corrected chi connectivity index (χ2v) is 8.29. The first-order valence-electron chi connectivity index (χ1n) is 9.92. The van der Waals surface area contributed by atoms with Gasteiger partial charge in [-0.25, -0.2) is 0 Å². The summed E-state index contributed by atoms with van der Waals surface area (Å²) in [6.07, 6.45) is 0. The third kappa shape index (κ3) is 6.94. The molecule has 1 atom stereocenters. The number of nitrogens with one attached hydrogen (secondary N) is 1. The standard InChI is InChI=1S/C22H26BrN3O6/c1-14(2)24-22(28)15(3)25(12-16-6-5-7-17(23)10-16)21(27)13-32-18-8-9-19(26(29)30)20(11-18)31-4/h5-11,14-15H,12-13H2,1-4H3,(H,24,28)/t15-/m1/s1. The molecule has 2 rings (SSSR count). The molecule has 0 heterocycles. The van der Waals surface area contributed by atoms with Crippen LogP contribution in [0.3, 0.4) is 0 Å². The lowest BCUT2D eigenvalue weighted by Gasteiger charge is -2.29. The van der Waals surface area contributed by atoms with Gasteiger partial charge >= 0.3 is 5.69 Å². The maximum absolute atomic E-state index is 13.0. The minimum Gasteiger partial charge on any atom is -0.490 e. The number of rotatable bonds is 10. The topological polar surface area (TPSA) is 111 Å². The zero-order valence-corrected chi connectivity index (χ0v) is 19.9. The molecule has 0 aliphatic heterocycles. The second-order valence-electron chi connectivity index (χ2n) is 7.37. The van der Waals surface area contributed by atoms with Crippen molar-refractivity contribution in [3.05, 3.63) is 62.6 Å². The highest BCUT2D eigenvalue weighted by molar-refractivity contribution is 9.10. The molecule has 2 amide bonds. The Morgan fingerprint density at radius 3 is 2.50 bits per heavy atom. The maximum atomic E-state index is 13.0. The molecule has 0 saturated heterocycles. The van der Waals surface area contributed by atoms with Gasteiger partial charge in [-0.1, -0.05) is 28.1 Å². The van der Waals surface area contributed by atoms with Crippen molar-refractivity contribution in [3.8, 4) is 11.5 Å². The van der Waals surface area contributed by atoms with E-state index >= 15 is 0 Å². The summed E-state index contributed by atoms with van der Waals surface area (Å²) >= 11 is 3.41. The van der Waals surface area contributed by atoms with Crippen molar-refractivity contribution >= 4 is 33.4 Å². The van der Waals surface area contributed by atoms with E-state index in [4.69, 9.17) is 9.47 Å². The van der Waals surface area contributed by atoms with E-state index in [0.717, 1.165) is 10.0 Å². The monoisotopic (exact) mass is 507 g/mol. The van der Waals surface area contributed by atoms with Gasteiger partial charge in [-0.2, -0.15) is 0 Å². The van der Waals surface area contributed by atoms with Crippen LogP contribution in [0.25, 0.3) is 0 Å². The summed E-state index contributed by atoms with van der Waals surface area (Å²) in [6, 6.07) is 10.6. The number of carbonyl (C=O) groups is 2.